The van der Waals surface area contributed by atoms with E-state index in [2.05, 4.69) is 18.7 Å². The van der Waals surface area contributed by atoms with Gasteiger partial charge in [-0.3, -0.25) is 24.1 Å². The van der Waals surface area contributed by atoms with Gasteiger partial charge in [-0.05, 0) is 70.4 Å². The maximum absolute atomic E-state index is 14.3. The van der Waals surface area contributed by atoms with Crippen molar-refractivity contribution in [1.82, 2.24) is 9.80 Å². The van der Waals surface area contributed by atoms with Gasteiger partial charge in [-0.25, -0.2) is 0 Å². The Morgan fingerprint density at radius 2 is 1.65 bits per heavy atom. The number of phenols is 1. The Morgan fingerprint density at radius 1 is 1.05 bits per heavy atom. The summed E-state index contributed by atoms with van der Waals surface area (Å²) in [4.78, 5) is 60.0. The zero-order valence-electron chi connectivity index (χ0n) is 26.3. The molecule has 11 nitrogen and oxygen atoms in total. The van der Waals surface area contributed by atoms with E-state index >= 15 is 0 Å². The number of hydrogen-bond donors (Lipinski definition) is 4. The molecule has 0 aromatic heterocycles. The molecule has 7 atom stereocenters. The lowest BCUT2D eigenvalue weighted by molar-refractivity contribution is -0.190. The third-order valence-electron chi connectivity index (χ3n) is 9.88. The number of aliphatic hydroxyl groups is 2. The molecule has 3 aliphatic carbocycles. The maximum Gasteiger partial charge on any atom is 0.230 e. The summed E-state index contributed by atoms with van der Waals surface area (Å²) in [6, 6.07) is 0.990. The molecule has 1 aromatic rings. The SMILES string of the molecule is CCCCN(CCCC)Cc1cc(N(C)C)c2c(c1O)C(=O)C1C(=O)[C@@]3(O)C(=O)C(C(N)=O)C(O)[C@H](N(C)C)[C@H]3C[C@H]1C2. The number of amides is 1. The summed E-state index contributed by atoms with van der Waals surface area (Å²) in [6.45, 7) is 6.37. The van der Waals surface area contributed by atoms with Crippen molar-refractivity contribution in [1.29, 1.82) is 0 Å². The highest BCUT2D eigenvalue weighted by molar-refractivity contribution is 6.25. The number of carbonyl (C=O) groups is 4. The fourth-order valence-corrected chi connectivity index (χ4v) is 7.72. The van der Waals surface area contributed by atoms with Crippen molar-refractivity contribution in [2.75, 3.05) is 46.2 Å². The summed E-state index contributed by atoms with van der Waals surface area (Å²) in [5.41, 5.74) is 4.84. The first kappa shape index (κ1) is 33.0. The van der Waals surface area contributed by atoms with Gasteiger partial charge < -0.3 is 30.9 Å². The number of benzene rings is 1. The van der Waals surface area contributed by atoms with Crippen LogP contribution < -0.4 is 10.6 Å². The number of likely N-dealkylation sites (N-methyl/N-ethyl adjacent to an activating group) is 1. The lowest BCUT2D eigenvalue weighted by Crippen LogP contribution is -2.75. The number of unbranched alkanes of at least 4 members (excludes halogenated alkanes) is 2. The number of ketones is 3. The number of anilines is 1. The molecule has 2 saturated carbocycles. The number of Topliss-reactive ketones (excluding diaryl/α,β-unsaturated/α-hetero) is 3. The highest BCUT2D eigenvalue weighted by Crippen LogP contribution is 2.52. The molecule has 2 fully saturated rings. The van der Waals surface area contributed by atoms with Crippen molar-refractivity contribution in [3.8, 4) is 5.75 Å². The predicted octanol–water partition coefficient (Wildman–Crippen LogP) is 1.13. The van der Waals surface area contributed by atoms with Gasteiger partial charge in [0, 0.05) is 43.9 Å². The fourth-order valence-electron chi connectivity index (χ4n) is 7.72. The molecule has 238 valence electrons. The molecule has 5 N–H and O–H groups in total. The third kappa shape index (κ3) is 5.49. The predicted molar refractivity (Wildman–Crippen MR) is 162 cm³/mol. The van der Waals surface area contributed by atoms with Gasteiger partial charge in [0.15, 0.2) is 23.0 Å². The van der Waals surface area contributed by atoms with Crippen LogP contribution in [0.5, 0.6) is 5.75 Å². The average molecular weight is 601 g/mol. The fraction of sp³-hybridized carbons (Fsp3) is 0.688. The number of aliphatic hydroxyl groups excluding tert-OH is 1. The number of nitrogens with zero attached hydrogens (tertiary/aromatic N) is 3. The van der Waals surface area contributed by atoms with Gasteiger partial charge in [-0.1, -0.05) is 26.7 Å². The van der Waals surface area contributed by atoms with Crippen molar-refractivity contribution in [3.05, 3.63) is 22.8 Å². The molecule has 0 bridgehead atoms. The lowest BCUT2D eigenvalue weighted by atomic mass is 9.52. The van der Waals surface area contributed by atoms with Gasteiger partial charge in [0.2, 0.25) is 5.91 Å². The molecular formula is C32H48N4O7. The van der Waals surface area contributed by atoms with Gasteiger partial charge in [0.05, 0.1) is 17.6 Å². The van der Waals surface area contributed by atoms with Gasteiger partial charge in [0.25, 0.3) is 0 Å². The summed E-state index contributed by atoms with van der Waals surface area (Å²) in [6.07, 6.45) is 2.88. The van der Waals surface area contributed by atoms with Crippen LogP contribution in [0.4, 0.5) is 5.69 Å². The van der Waals surface area contributed by atoms with Crippen molar-refractivity contribution < 1.29 is 34.5 Å². The van der Waals surface area contributed by atoms with Crippen LogP contribution in [-0.2, 0) is 27.3 Å². The van der Waals surface area contributed by atoms with Crippen LogP contribution in [0.3, 0.4) is 0 Å². The number of carbonyl (C=O) groups excluding carboxylic acids is 4. The standard InChI is InChI=1S/C32H48N4O7/c1-7-9-11-36(12-10-8-2)16-18-15-21(34(3)4)19-13-17-14-20-25(35(5)6)28(39)24(31(33)42)30(41)32(20,43)29(40)22(17)27(38)23(19)26(18)37/h15,17,20,22,24-25,28,37,39,43H,7-14,16H2,1-6H3,(H2,33,42)/t17-,20-,22?,24?,25-,28?,32-/m1/s1. The molecular weight excluding hydrogens is 552 g/mol. The minimum atomic E-state index is -2.67. The van der Waals surface area contributed by atoms with E-state index in [1.54, 1.807) is 19.0 Å². The normalized spacial score (nSPS) is 30.3. The maximum atomic E-state index is 14.3. The Bertz CT molecular complexity index is 1270. The van der Waals surface area contributed by atoms with Crippen molar-refractivity contribution >= 4 is 28.9 Å². The van der Waals surface area contributed by atoms with E-state index in [0.717, 1.165) is 44.5 Å². The molecule has 0 heterocycles. The quantitative estimate of drug-likeness (QED) is 0.271. The number of hydrogen-bond acceptors (Lipinski definition) is 10. The summed E-state index contributed by atoms with van der Waals surface area (Å²) in [7, 11) is 7.00. The second-order valence-electron chi connectivity index (χ2n) is 13.1. The van der Waals surface area contributed by atoms with E-state index in [1.807, 2.05) is 25.1 Å². The number of aromatic hydroxyl groups is 1. The van der Waals surface area contributed by atoms with Crippen molar-refractivity contribution in [2.45, 2.75) is 76.7 Å². The van der Waals surface area contributed by atoms with Crippen LogP contribution in [0, 0.1) is 23.7 Å². The number of rotatable bonds is 11. The minimum absolute atomic E-state index is 0.0580. The van der Waals surface area contributed by atoms with Crippen LogP contribution in [-0.4, -0.2) is 107 Å². The second-order valence-corrected chi connectivity index (χ2v) is 13.1. The van der Waals surface area contributed by atoms with E-state index in [1.165, 1.54) is 0 Å². The number of fused-ring (bicyclic) bond motifs is 3. The van der Waals surface area contributed by atoms with Gasteiger partial charge in [0.1, 0.15) is 11.7 Å². The summed E-state index contributed by atoms with van der Waals surface area (Å²) in [5, 5.41) is 34.5. The van der Waals surface area contributed by atoms with E-state index in [0.29, 0.717) is 17.7 Å². The molecule has 3 aliphatic rings. The van der Waals surface area contributed by atoms with Crippen LogP contribution in [0.2, 0.25) is 0 Å². The summed E-state index contributed by atoms with van der Waals surface area (Å²) < 4.78 is 0. The Labute approximate surface area is 254 Å². The Hall–Kier alpha value is -2.86. The van der Waals surface area contributed by atoms with Crippen LogP contribution in [0.1, 0.15) is 67.4 Å². The molecule has 4 rings (SSSR count). The molecule has 0 spiro atoms. The van der Waals surface area contributed by atoms with E-state index in [4.69, 9.17) is 5.73 Å². The van der Waals surface area contributed by atoms with Gasteiger partial charge in [-0.15, -0.1) is 0 Å². The van der Waals surface area contributed by atoms with E-state index in [-0.39, 0.29) is 24.2 Å². The summed E-state index contributed by atoms with van der Waals surface area (Å²) in [5.74, 6) is -8.87. The average Bonchev–Trinajstić information content (AvgIpc) is 2.92. The van der Waals surface area contributed by atoms with Gasteiger partial charge >= 0.3 is 0 Å². The lowest BCUT2D eigenvalue weighted by Gasteiger charge is -2.55. The highest BCUT2D eigenvalue weighted by Gasteiger charge is 2.69. The first-order valence-corrected chi connectivity index (χ1v) is 15.5. The highest BCUT2D eigenvalue weighted by atomic mass is 16.3. The van der Waals surface area contributed by atoms with Crippen molar-refractivity contribution in [3.63, 3.8) is 0 Å². The minimum Gasteiger partial charge on any atom is -0.507 e. The van der Waals surface area contributed by atoms with Crippen LogP contribution in [0.25, 0.3) is 0 Å². The summed E-state index contributed by atoms with van der Waals surface area (Å²) >= 11 is 0. The Morgan fingerprint density at radius 3 is 2.16 bits per heavy atom. The molecule has 3 unspecified atom stereocenters. The zero-order chi connectivity index (χ0) is 32.0. The van der Waals surface area contributed by atoms with Gasteiger partial charge in [-0.2, -0.15) is 0 Å². The molecule has 0 radical (unpaired) electrons. The second kappa shape index (κ2) is 12.6. The van der Waals surface area contributed by atoms with Crippen LogP contribution in [0.15, 0.2) is 6.07 Å². The third-order valence-corrected chi connectivity index (χ3v) is 9.88. The first-order valence-electron chi connectivity index (χ1n) is 15.5. The van der Waals surface area contributed by atoms with E-state index in [9.17, 15) is 34.5 Å². The largest absolute Gasteiger partial charge is 0.507 e. The smallest absolute Gasteiger partial charge is 0.230 e. The molecule has 0 aliphatic heterocycles. The Balaban J connectivity index is 1.82. The number of nitrogens with two attached hydrogens (primary N) is 1. The topological polar surface area (TPSA) is 165 Å². The molecule has 11 heteroatoms. The zero-order valence-corrected chi connectivity index (χ0v) is 26.3. The molecule has 1 aromatic carbocycles. The van der Waals surface area contributed by atoms with E-state index < -0.39 is 64.7 Å². The first-order chi connectivity index (χ1) is 20.2. The monoisotopic (exact) mass is 600 g/mol. The van der Waals surface area contributed by atoms with Crippen LogP contribution >= 0.6 is 0 Å². The number of primary amides is 1. The molecule has 0 saturated heterocycles. The number of phenolic OH excluding ortho intramolecular Hbond substituents is 1. The molecule has 43 heavy (non-hydrogen) atoms. The van der Waals surface area contributed by atoms with Crippen molar-refractivity contribution in [2.24, 2.45) is 29.4 Å². The Kier molecular flexibility index (Phi) is 9.71. The molecule has 1 amide bonds.